The molecule has 0 aliphatic rings. The molecule has 1 rings (SSSR count). The van der Waals surface area contributed by atoms with Gasteiger partial charge in [-0.3, -0.25) is 0 Å². The van der Waals surface area contributed by atoms with E-state index in [1.165, 1.54) is 25.3 Å². The van der Waals surface area contributed by atoms with Crippen LogP contribution in [0.4, 0.5) is 8.78 Å². The highest BCUT2D eigenvalue weighted by Gasteiger charge is 2.31. The van der Waals surface area contributed by atoms with Gasteiger partial charge < -0.3 is 9.84 Å². The average Bonchev–Trinajstić information content (AvgIpc) is 2.28. The van der Waals surface area contributed by atoms with Crippen LogP contribution < -0.4 is 4.74 Å². The first-order valence-electron chi connectivity index (χ1n) is 5.09. The Morgan fingerprint density at radius 3 is 2.44 bits per heavy atom. The molecule has 0 unspecified atom stereocenters. The number of alkyl halides is 2. The second kappa shape index (κ2) is 4.78. The van der Waals surface area contributed by atoms with Crippen molar-refractivity contribution >= 4 is 0 Å². The van der Waals surface area contributed by atoms with Crippen LogP contribution in [-0.2, 0) is 5.92 Å². The van der Waals surface area contributed by atoms with Crippen LogP contribution in [-0.4, -0.2) is 18.8 Å². The lowest BCUT2D eigenvalue weighted by Gasteiger charge is -2.18. The highest BCUT2D eigenvalue weighted by Crippen LogP contribution is 2.33. The molecule has 0 bridgehead atoms. The first-order chi connectivity index (χ1) is 7.42. The SMILES string of the molecule is COc1ccc(C(F)(F)CO)cc1C(C)C. The van der Waals surface area contributed by atoms with Gasteiger partial charge in [0.25, 0.3) is 5.92 Å². The number of hydrogen-bond acceptors (Lipinski definition) is 2. The van der Waals surface area contributed by atoms with Gasteiger partial charge in [0, 0.05) is 5.56 Å². The third-order valence-corrected chi connectivity index (χ3v) is 2.47. The van der Waals surface area contributed by atoms with Gasteiger partial charge in [0.2, 0.25) is 0 Å². The Kier molecular flexibility index (Phi) is 3.86. The van der Waals surface area contributed by atoms with Crippen molar-refractivity contribution < 1.29 is 18.6 Å². The normalized spacial score (nSPS) is 11.9. The third kappa shape index (κ3) is 2.50. The molecule has 0 atom stereocenters. The number of aliphatic hydroxyl groups is 1. The smallest absolute Gasteiger partial charge is 0.295 e. The number of rotatable bonds is 4. The molecule has 90 valence electrons. The third-order valence-electron chi connectivity index (χ3n) is 2.47. The van der Waals surface area contributed by atoms with Gasteiger partial charge in [-0.15, -0.1) is 0 Å². The molecule has 2 nitrogen and oxygen atoms in total. The average molecular weight is 230 g/mol. The van der Waals surface area contributed by atoms with Gasteiger partial charge in [-0.1, -0.05) is 13.8 Å². The minimum absolute atomic E-state index is 0.0874. The van der Waals surface area contributed by atoms with Crippen LogP contribution in [0, 0.1) is 0 Å². The zero-order valence-corrected chi connectivity index (χ0v) is 9.63. The quantitative estimate of drug-likeness (QED) is 0.861. The van der Waals surface area contributed by atoms with E-state index >= 15 is 0 Å². The van der Waals surface area contributed by atoms with Crippen molar-refractivity contribution in [3.05, 3.63) is 29.3 Å². The number of aliphatic hydroxyl groups excluding tert-OH is 1. The number of ether oxygens (including phenoxy) is 1. The second-order valence-corrected chi connectivity index (χ2v) is 3.97. The minimum atomic E-state index is -3.20. The summed E-state index contributed by atoms with van der Waals surface area (Å²) in [6.07, 6.45) is 0. The van der Waals surface area contributed by atoms with Crippen molar-refractivity contribution in [3.8, 4) is 5.75 Å². The maximum absolute atomic E-state index is 13.3. The highest BCUT2D eigenvalue weighted by atomic mass is 19.3. The highest BCUT2D eigenvalue weighted by molar-refractivity contribution is 5.40. The standard InChI is InChI=1S/C12H16F2O2/c1-8(2)10-6-9(12(13,14)7-15)4-5-11(10)16-3/h4-6,8,15H,7H2,1-3H3. The maximum atomic E-state index is 13.3. The predicted molar refractivity (Wildman–Crippen MR) is 58.1 cm³/mol. The lowest BCUT2D eigenvalue weighted by molar-refractivity contribution is -0.0557. The molecule has 0 aromatic heterocycles. The van der Waals surface area contributed by atoms with Gasteiger partial charge in [0.1, 0.15) is 12.4 Å². The molecule has 1 aromatic carbocycles. The molecular formula is C12H16F2O2. The monoisotopic (exact) mass is 230 g/mol. The zero-order chi connectivity index (χ0) is 12.3. The molecule has 16 heavy (non-hydrogen) atoms. The van der Waals surface area contributed by atoms with E-state index in [0.717, 1.165) is 0 Å². The maximum Gasteiger partial charge on any atom is 0.295 e. The Morgan fingerprint density at radius 2 is 2.00 bits per heavy atom. The molecule has 0 saturated heterocycles. The van der Waals surface area contributed by atoms with E-state index in [1.54, 1.807) is 0 Å². The first-order valence-corrected chi connectivity index (χ1v) is 5.09. The zero-order valence-electron chi connectivity index (χ0n) is 9.63. The van der Waals surface area contributed by atoms with Gasteiger partial charge in [0.05, 0.1) is 7.11 Å². The molecule has 0 amide bonds. The molecule has 0 spiro atoms. The van der Waals surface area contributed by atoms with Crippen LogP contribution in [0.5, 0.6) is 5.75 Å². The Labute approximate surface area is 93.9 Å². The molecule has 0 aliphatic carbocycles. The van der Waals surface area contributed by atoms with Crippen LogP contribution in [0.2, 0.25) is 0 Å². The molecule has 1 aromatic rings. The Balaban J connectivity index is 3.22. The van der Waals surface area contributed by atoms with E-state index in [9.17, 15) is 8.78 Å². The van der Waals surface area contributed by atoms with Gasteiger partial charge in [-0.25, -0.2) is 0 Å². The number of benzene rings is 1. The van der Waals surface area contributed by atoms with Crippen molar-refractivity contribution in [2.24, 2.45) is 0 Å². The van der Waals surface area contributed by atoms with Crippen molar-refractivity contribution in [1.29, 1.82) is 0 Å². The lowest BCUT2D eigenvalue weighted by Crippen LogP contribution is -2.18. The largest absolute Gasteiger partial charge is 0.496 e. The van der Waals surface area contributed by atoms with Gasteiger partial charge >= 0.3 is 0 Å². The van der Waals surface area contributed by atoms with Gasteiger partial charge in [0.15, 0.2) is 0 Å². The van der Waals surface area contributed by atoms with E-state index < -0.39 is 12.5 Å². The Bertz CT molecular complexity index is 362. The molecule has 4 heteroatoms. The minimum Gasteiger partial charge on any atom is -0.496 e. The molecule has 0 saturated carbocycles. The van der Waals surface area contributed by atoms with Crippen molar-refractivity contribution in [2.75, 3.05) is 13.7 Å². The summed E-state index contributed by atoms with van der Waals surface area (Å²) in [7, 11) is 1.51. The predicted octanol–water partition coefficient (Wildman–Crippen LogP) is 2.90. The van der Waals surface area contributed by atoms with Gasteiger partial charge in [-0.2, -0.15) is 8.78 Å². The van der Waals surface area contributed by atoms with E-state index in [1.807, 2.05) is 13.8 Å². The van der Waals surface area contributed by atoms with Crippen LogP contribution in [0.15, 0.2) is 18.2 Å². The molecule has 0 aliphatic heterocycles. The summed E-state index contributed by atoms with van der Waals surface area (Å²) >= 11 is 0. The molecular weight excluding hydrogens is 214 g/mol. The van der Waals surface area contributed by atoms with Crippen LogP contribution in [0.25, 0.3) is 0 Å². The summed E-state index contributed by atoms with van der Waals surface area (Å²) in [6.45, 7) is 2.62. The summed E-state index contributed by atoms with van der Waals surface area (Å²) in [5, 5.41) is 8.62. The fraction of sp³-hybridized carbons (Fsp3) is 0.500. The Morgan fingerprint density at radius 1 is 1.38 bits per heavy atom. The second-order valence-electron chi connectivity index (χ2n) is 3.97. The number of methoxy groups -OCH3 is 1. The molecule has 0 heterocycles. The van der Waals surface area contributed by atoms with E-state index in [0.29, 0.717) is 11.3 Å². The van der Waals surface area contributed by atoms with Crippen LogP contribution >= 0.6 is 0 Å². The summed E-state index contributed by atoms with van der Waals surface area (Å²) in [4.78, 5) is 0. The van der Waals surface area contributed by atoms with E-state index in [4.69, 9.17) is 9.84 Å². The van der Waals surface area contributed by atoms with E-state index in [-0.39, 0.29) is 11.5 Å². The van der Waals surface area contributed by atoms with Crippen LogP contribution in [0.3, 0.4) is 0 Å². The van der Waals surface area contributed by atoms with Crippen molar-refractivity contribution in [1.82, 2.24) is 0 Å². The summed E-state index contributed by atoms with van der Waals surface area (Å²) in [6, 6.07) is 4.18. The summed E-state index contributed by atoms with van der Waals surface area (Å²) in [5.41, 5.74) is 0.535. The Hall–Kier alpha value is -1.16. The van der Waals surface area contributed by atoms with Crippen molar-refractivity contribution in [3.63, 3.8) is 0 Å². The van der Waals surface area contributed by atoms with Crippen molar-refractivity contribution in [2.45, 2.75) is 25.7 Å². The molecule has 1 N–H and O–H groups in total. The first kappa shape index (κ1) is 12.9. The van der Waals surface area contributed by atoms with Gasteiger partial charge in [-0.05, 0) is 29.7 Å². The molecule has 0 fully saturated rings. The topological polar surface area (TPSA) is 29.5 Å². The fourth-order valence-electron chi connectivity index (χ4n) is 1.50. The fourth-order valence-corrected chi connectivity index (χ4v) is 1.50. The van der Waals surface area contributed by atoms with E-state index in [2.05, 4.69) is 0 Å². The number of hydrogen-bond donors (Lipinski definition) is 1. The molecule has 0 radical (unpaired) electrons. The number of halogens is 2. The lowest BCUT2D eigenvalue weighted by atomic mass is 9.97. The summed E-state index contributed by atoms with van der Waals surface area (Å²) in [5.74, 6) is -2.52. The van der Waals surface area contributed by atoms with Crippen LogP contribution in [0.1, 0.15) is 30.9 Å². The summed E-state index contributed by atoms with van der Waals surface area (Å²) < 4.78 is 31.6.